The highest BCUT2D eigenvalue weighted by Crippen LogP contribution is 2.24. The summed E-state index contributed by atoms with van der Waals surface area (Å²) in [6.07, 6.45) is 10.7. The summed E-state index contributed by atoms with van der Waals surface area (Å²) in [5.41, 5.74) is 0. The molecule has 2 heterocycles. The molecule has 2 aliphatic heterocycles. The number of hydrogen-bond acceptors (Lipinski definition) is 2. The molecule has 0 aromatic rings. The van der Waals surface area contributed by atoms with Gasteiger partial charge in [-0.3, -0.25) is 9.98 Å². The largest absolute Gasteiger partial charge is 0.298 e. The van der Waals surface area contributed by atoms with Crippen LogP contribution < -0.4 is 0 Å². The van der Waals surface area contributed by atoms with Crippen LogP contribution in [-0.4, -0.2) is 25.5 Å². The van der Waals surface area contributed by atoms with Crippen molar-refractivity contribution in [2.24, 2.45) is 21.8 Å². The molecule has 0 aromatic heterocycles. The van der Waals surface area contributed by atoms with Crippen molar-refractivity contribution >= 4 is 12.4 Å². The molecule has 0 saturated carbocycles. The van der Waals surface area contributed by atoms with Gasteiger partial charge >= 0.3 is 0 Å². The molecule has 2 aliphatic rings. The van der Waals surface area contributed by atoms with Crippen LogP contribution in [-0.2, 0) is 0 Å². The maximum atomic E-state index is 4.28. The Labute approximate surface area is 73.1 Å². The van der Waals surface area contributed by atoms with E-state index in [0.29, 0.717) is 5.92 Å². The van der Waals surface area contributed by atoms with Crippen LogP contribution in [0.2, 0.25) is 0 Å². The van der Waals surface area contributed by atoms with Crippen LogP contribution >= 0.6 is 0 Å². The Morgan fingerprint density at radius 3 is 2.92 bits per heavy atom. The van der Waals surface area contributed by atoms with E-state index in [-0.39, 0.29) is 0 Å². The molecule has 2 rings (SSSR count). The molecule has 2 nitrogen and oxygen atoms in total. The highest BCUT2D eigenvalue weighted by atomic mass is 14.7. The molecule has 0 fully saturated rings. The van der Waals surface area contributed by atoms with E-state index in [1.54, 1.807) is 0 Å². The summed E-state index contributed by atoms with van der Waals surface area (Å²) in [5.74, 6) is 1.46. The van der Waals surface area contributed by atoms with Crippen molar-refractivity contribution in [1.82, 2.24) is 0 Å². The first-order valence-corrected chi connectivity index (χ1v) is 4.62. The number of nitrogens with zero attached hydrogens (tertiary/aromatic N) is 2. The Morgan fingerprint density at radius 1 is 1.25 bits per heavy atom. The normalized spacial score (nSPS) is 34.0. The van der Waals surface area contributed by atoms with Gasteiger partial charge in [0.15, 0.2) is 0 Å². The van der Waals surface area contributed by atoms with Crippen LogP contribution in [0, 0.1) is 11.8 Å². The van der Waals surface area contributed by atoms with Crippen LogP contribution in [0.1, 0.15) is 12.8 Å². The lowest BCUT2D eigenvalue weighted by Crippen LogP contribution is -2.21. The predicted molar refractivity (Wildman–Crippen MR) is 52.1 cm³/mol. The Morgan fingerprint density at radius 2 is 2.25 bits per heavy atom. The fourth-order valence-corrected chi connectivity index (χ4v) is 1.85. The minimum Gasteiger partial charge on any atom is -0.298 e. The van der Waals surface area contributed by atoms with Crippen molar-refractivity contribution in [2.75, 3.05) is 13.1 Å². The third-order valence-electron chi connectivity index (χ3n) is 2.64. The van der Waals surface area contributed by atoms with Gasteiger partial charge in [0.25, 0.3) is 0 Å². The highest BCUT2D eigenvalue weighted by molar-refractivity contribution is 5.72. The zero-order valence-corrected chi connectivity index (χ0v) is 7.19. The summed E-state index contributed by atoms with van der Waals surface area (Å²) in [5, 5.41) is 0. The van der Waals surface area contributed by atoms with Gasteiger partial charge in [0.05, 0.1) is 0 Å². The summed E-state index contributed by atoms with van der Waals surface area (Å²) < 4.78 is 0. The zero-order valence-electron chi connectivity index (χ0n) is 7.19. The molecule has 0 aromatic carbocycles. The lowest BCUT2D eigenvalue weighted by Gasteiger charge is -2.24. The van der Waals surface area contributed by atoms with E-state index >= 15 is 0 Å². The molecular formula is C10H14N2. The van der Waals surface area contributed by atoms with Gasteiger partial charge in [-0.25, -0.2) is 0 Å². The quantitative estimate of drug-likeness (QED) is 0.561. The van der Waals surface area contributed by atoms with E-state index in [4.69, 9.17) is 0 Å². The first kappa shape index (κ1) is 7.71. The molecule has 12 heavy (non-hydrogen) atoms. The Hall–Kier alpha value is -0.920. The smallest absolute Gasteiger partial charge is 0.0454 e. The van der Waals surface area contributed by atoms with Gasteiger partial charge in [-0.1, -0.05) is 6.08 Å². The van der Waals surface area contributed by atoms with Gasteiger partial charge in [-0.2, -0.15) is 0 Å². The molecule has 0 radical (unpaired) electrons. The van der Waals surface area contributed by atoms with Crippen LogP contribution in [0.4, 0.5) is 0 Å². The molecule has 64 valence electrons. The Bertz CT molecular complexity index is 228. The van der Waals surface area contributed by atoms with Gasteiger partial charge in [0, 0.05) is 19.3 Å². The molecule has 2 atom stereocenters. The second-order valence-electron chi connectivity index (χ2n) is 3.44. The van der Waals surface area contributed by atoms with Crippen molar-refractivity contribution in [3.05, 3.63) is 12.2 Å². The van der Waals surface area contributed by atoms with Gasteiger partial charge in [-0.15, -0.1) is 0 Å². The number of rotatable bonds is 1. The summed E-state index contributed by atoms with van der Waals surface area (Å²) in [6.45, 7) is 1.99. The minimum absolute atomic E-state index is 0.668. The maximum absolute atomic E-state index is 4.28. The molecule has 0 amide bonds. The molecule has 0 bridgehead atoms. The number of hydrogen-bond donors (Lipinski definition) is 0. The van der Waals surface area contributed by atoms with E-state index in [2.05, 4.69) is 28.4 Å². The summed E-state index contributed by atoms with van der Waals surface area (Å²) in [7, 11) is 0. The van der Waals surface area contributed by atoms with Crippen LogP contribution in [0.5, 0.6) is 0 Å². The fourth-order valence-electron chi connectivity index (χ4n) is 1.85. The fraction of sp³-hybridized carbons (Fsp3) is 0.600. The third-order valence-corrected chi connectivity index (χ3v) is 2.64. The summed E-state index contributed by atoms with van der Waals surface area (Å²) in [6, 6.07) is 0. The first-order valence-electron chi connectivity index (χ1n) is 4.62. The van der Waals surface area contributed by atoms with Crippen molar-refractivity contribution in [3.63, 3.8) is 0 Å². The van der Waals surface area contributed by atoms with E-state index in [1.807, 2.05) is 6.21 Å². The number of aliphatic imine (C=N–C) groups is 2. The molecule has 2 unspecified atom stereocenters. The number of allylic oxidation sites excluding steroid dienone is 1. The zero-order chi connectivity index (χ0) is 8.23. The van der Waals surface area contributed by atoms with Crippen molar-refractivity contribution in [3.8, 4) is 0 Å². The molecule has 0 N–H and O–H groups in total. The van der Waals surface area contributed by atoms with Crippen LogP contribution in [0.15, 0.2) is 22.1 Å². The van der Waals surface area contributed by atoms with Crippen LogP contribution in [0.3, 0.4) is 0 Å². The highest BCUT2D eigenvalue weighted by Gasteiger charge is 2.20. The monoisotopic (exact) mass is 162 g/mol. The van der Waals surface area contributed by atoms with Crippen molar-refractivity contribution < 1.29 is 0 Å². The van der Waals surface area contributed by atoms with Gasteiger partial charge < -0.3 is 0 Å². The maximum Gasteiger partial charge on any atom is 0.0454 e. The molecule has 0 saturated heterocycles. The molecule has 0 aliphatic carbocycles. The molecule has 0 spiro atoms. The third kappa shape index (κ3) is 1.63. The first-order chi connectivity index (χ1) is 5.97. The topological polar surface area (TPSA) is 24.7 Å². The second kappa shape index (κ2) is 3.65. The average molecular weight is 162 g/mol. The Kier molecular flexibility index (Phi) is 2.35. The molecular weight excluding hydrogens is 148 g/mol. The standard InChI is InChI=1S/C10H14N2/c1-2-10(8-12-5-1)9-3-6-11-7-4-9/h1-2,5-6,9-10H,3-4,7-8H2. The van der Waals surface area contributed by atoms with E-state index in [1.165, 1.54) is 6.42 Å². The lowest BCUT2D eigenvalue weighted by atomic mass is 9.85. The van der Waals surface area contributed by atoms with Crippen LogP contribution in [0.25, 0.3) is 0 Å². The SMILES string of the molecule is C1=CC(C2CC=NCC2)CN=C1. The van der Waals surface area contributed by atoms with Gasteiger partial charge in [0.1, 0.15) is 0 Å². The predicted octanol–water partition coefficient (Wildman–Crippen LogP) is 1.72. The second-order valence-corrected chi connectivity index (χ2v) is 3.44. The summed E-state index contributed by atoms with van der Waals surface area (Å²) >= 11 is 0. The molecule has 2 heteroatoms. The van der Waals surface area contributed by atoms with Gasteiger partial charge in [0.2, 0.25) is 0 Å². The lowest BCUT2D eigenvalue weighted by molar-refractivity contribution is 0.384. The van der Waals surface area contributed by atoms with E-state index in [9.17, 15) is 0 Å². The van der Waals surface area contributed by atoms with E-state index in [0.717, 1.165) is 25.4 Å². The minimum atomic E-state index is 0.668. The average Bonchev–Trinajstić information content (AvgIpc) is 2.21. The van der Waals surface area contributed by atoms with Gasteiger partial charge in [-0.05, 0) is 37.0 Å². The van der Waals surface area contributed by atoms with E-state index < -0.39 is 0 Å². The van der Waals surface area contributed by atoms with Crippen molar-refractivity contribution in [2.45, 2.75) is 12.8 Å². The summed E-state index contributed by atoms with van der Waals surface area (Å²) in [4.78, 5) is 8.51. The van der Waals surface area contributed by atoms with Crippen molar-refractivity contribution in [1.29, 1.82) is 0 Å². The number of dihydropyridines is 1. The Balaban J connectivity index is 1.95.